The Hall–Kier alpha value is -0.740. The largest absolute Gasteiger partial charge is 0.426 e. The number of benzene rings is 1. The molecular formula is C12H14BrClN2O. The van der Waals surface area contributed by atoms with Gasteiger partial charge in [-0.15, -0.1) is 0 Å². The SMILES string of the molecule is CCN(CC)C1=NCc2cc(Br)c(Cl)cc2O1. The summed E-state index contributed by atoms with van der Waals surface area (Å²) in [5.41, 5.74) is 1.05. The molecule has 0 spiro atoms. The molecule has 1 aliphatic rings. The van der Waals surface area contributed by atoms with E-state index >= 15 is 0 Å². The van der Waals surface area contributed by atoms with Crippen molar-refractivity contribution in [1.29, 1.82) is 0 Å². The van der Waals surface area contributed by atoms with Crippen LogP contribution in [0.1, 0.15) is 19.4 Å². The summed E-state index contributed by atoms with van der Waals surface area (Å²) in [6.45, 7) is 6.57. The average molecular weight is 318 g/mol. The summed E-state index contributed by atoms with van der Waals surface area (Å²) in [6, 6.07) is 4.47. The molecule has 1 aromatic rings. The fourth-order valence-corrected chi connectivity index (χ4v) is 2.27. The smallest absolute Gasteiger partial charge is 0.293 e. The molecule has 0 aromatic heterocycles. The molecule has 5 heteroatoms. The van der Waals surface area contributed by atoms with Gasteiger partial charge < -0.3 is 9.64 Å². The number of hydrogen-bond acceptors (Lipinski definition) is 3. The first-order valence-electron chi connectivity index (χ1n) is 5.60. The van der Waals surface area contributed by atoms with Crippen molar-refractivity contribution < 1.29 is 4.74 Å². The topological polar surface area (TPSA) is 24.8 Å². The van der Waals surface area contributed by atoms with Crippen molar-refractivity contribution >= 4 is 33.6 Å². The van der Waals surface area contributed by atoms with E-state index in [1.165, 1.54) is 0 Å². The van der Waals surface area contributed by atoms with Gasteiger partial charge in [0.05, 0.1) is 11.6 Å². The predicted molar refractivity (Wildman–Crippen MR) is 73.8 cm³/mol. The van der Waals surface area contributed by atoms with Gasteiger partial charge in [-0.1, -0.05) is 11.6 Å². The van der Waals surface area contributed by atoms with E-state index < -0.39 is 0 Å². The Morgan fingerprint density at radius 3 is 2.76 bits per heavy atom. The second-order valence-electron chi connectivity index (χ2n) is 3.75. The van der Waals surface area contributed by atoms with Gasteiger partial charge in [-0.3, -0.25) is 0 Å². The number of amidine groups is 1. The Morgan fingerprint density at radius 1 is 1.41 bits per heavy atom. The molecular weight excluding hydrogens is 304 g/mol. The molecule has 0 radical (unpaired) electrons. The zero-order valence-electron chi connectivity index (χ0n) is 9.83. The first-order valence-corrected chi connectivity index (χ1v) is 6.78. The van der Waals surface area contributed by atoms with E-state index in [0.29, 0.717) is 17.6 Å². The minimum Gasteiger partial charge on any atom is -0.426 e. The molecule has 3 nitrogen and oxygen atoms in total. The van der Waals surface area contributed by atoms with Gasteiger partial charge in [0.1, 0.15) is 5.75 Å². The molecule has 1 heterocycles. The lowest BCUT2D eigenvalue weighted by Crippen LogP contribution is -2.36. The molecule has 0 amide bonds. The van der Waals surface area contributed by atoms with Crippen LogP contribution in [-0.4, -0.2) is 24.0 Å². The summed E-state index contributed by atoms with van der Waals surface area (Å²) in [5.74, 6) is 0.801. The van der Waals surface area contributed by atoms with Crippen molar-refractivity contribution in [3.63, 3.8) is 0 Å². The summed E-state index contributed by atoms with van der Waals surface area (Å²) in [7, 11) is 0. The lowest BCUT2D eigenvalue weighted by Gasteiger charge is -2.26. The normalized spacial score (nSPS) is 13.8. The Morgan fingerprint density at radius 2 is 2.12 bits per heavy atom. The third-order valence-corrected chi connectivity index (χ3v) is 3.92. The summed E-state index contributed by atoms with van der Waals surface area (Å²) in [5, 5.41) is 0.657. The first kappa shape index (κ1) is 12.7. The summed E-state index contributed by atoms with van der Waals surface area (Å²) in [6.07, 6.45) is 0. The molecule has 17 heavy (non-hydrogen) atoms. The van der Waals surface area contributed by atoms with Gasteiger partial charge in [0.15, 0.2) is 0 Å². The predicted octanol–water partition coefficient (Wildman–Crippen LogP) is 3.69. The maximum atomic E-state index is 6.06. The van der Waals surface area contributed by atoms with Crippen LogP contribution in [-0.2, 0) is 6.54 Å². The van der Waals surface area contributed by atoms with E-state index in [9.17, 15) is 0 Å². The Labute approximate surface area is 115 Å². The monoisotopic (exact) mass is 316 g/mol. The zero-order chi connectivity index (χ0) is 12.4. The molecule has 1 aromatic carbocycles. The molecule has 0 atom stereocenters. The second-order valence-corrected chi connectivity index (χ2v) is 5.01. The second kappa shape index (κ2) is 5.27. The quantitative estimate of drug-likeness (QED) is 0.831. The Balaban J connectivity index is 2.27. The van der Waals surface area contributed by atoms with E-state index in [1.54, 1.807) is 0 Å². The highest BCUT2D eigenvalue weighted by molar-refractivity contribution is 9.10. The number of ether oxygens (including phenoxy) is 1. The third-order valence-electron chi connectivity index (χ3n) is 2.72. The summed E-state index contributed by atoms with van der Waals surface area (Å²) >= 11 is 9.46. The highest BCUT2D eigenvalue weighted by Gasteiger charge is 2.19. The van der Waals surface area contributed by atoms with Crippen molar-refractivity contribution in [3.05, 3.63) is 27.2 Å². The minimum atomic E-state index is 0.636. The number of hydrogen-bond donors (Lipinski definition) is 0. The first-order chi connectivity index (χ1) is 8.15. The molecule has 0 fully saturated rings. The molecule has 0 unspecified atom stereocenters. The molecule has 0 saturated heterocycles. The van der Waals surface area contributed by atoms with Crippen molar-refractivity contribution in [3.8, 4) is 5.75 Å². The molecule has 0 N–H and O–H groups in total. The standard InChI is InChI=1S/C12H14BrClN2O/c1-3-16(4-2)12-15-7-8-5-9(13)10(14)6-11(8)17-12/h5-6H,3-4,7H2,1-2H3. The van der Waals surface area contributed by atoms with Crippen LogP contribution >= 0.6 is 27.5 Å². The van der Waals surface area contributed by atoms with E-state index in [1.807, 2.05) is 12.1 Å². The molecule has 2 rings (SSSR count). The van der Waals surface area contributed by atoms with Crippen molar-refractivity contribution in [2.75, 3.05) is 13.1 Å². The molecule has 0 aliphatic carbocycles. The van der Waals surface area contributed by atoms with Crippen LogP contribution in [0.15, 0.2) is 21.6 Å². The summed E-state index contributed by atoms with van der Waals surface area (Å²) < 4.78 is 6.66. The maximum absolute atomic E-state index is 6.06. The number of halogens is 2. The van der Waals surface area contributed by atoms with Crippen molar-refractivity contribution in [2.24, 2.45) is 4.99 Å². The molecule has 0 saturated carbocycles. The fraction of sp³-hybridized carbons (Fsp3) is 0.417. The number of nitrogens with zero attached hydrogens (tertiary/aromatic N) is 2. The Bertz CT molecular complexity index is 458. The van der Waals surface area contributed by atoms with Crippen LogP contribution in [0.2, 0.25) is 5.02 Å². The number of fused-ring (bicyclic) bond motifs is 1. The van der Waals surface area contributed by atoms with Crippen LogP contribution < -0.4 is 4.74 Å². The van der Waals surface area contributed by atoms with Crippen LogP contribution in [0, 0.1) is 0 Å². The van der Waals surface area contributed by atoms with Crippen LogP contribution in [0.25, 0.3) is 0 Å². The fourth-order valence-electron chi connectivity index (χ4n) is 1.73. The maximum Gasteiger partial charge on any atom is 0.293 e. The minimum absolute atomic E-state index is 0.636. The third kappa shape index (κ3) is 2.58. The lowest BCUT2D eigenvalue weighted by atomic mass is 10.2. The van der Waals surface area contributed by atoms with Gasteiger partial charge in [-0.05, 0) is 35.8 Å². The summed E-state index contributed by atoms with van der Waals surface area (Å²) in [4.78, 5) is 6.52. The van der Waals surface area contributed by atoms with E-state index in [0.717, 1.165) is 28.9 Å². The van der Waals surface area contributed by atoms with Gasteiger partial charge in [-0.25, -0.2) is 4.99 Å². The molecule has 0 bridgehead atoms. The van der Waals surface area contributed by atoms with Gasteiger partial charge in [0.2, 0.25) is 0 Å². The van der Waals surface area contributed by atoms with Gasteiger partial charge in [-0.2, -0.15) is 0 Å². The van der Waals surface area contributed by atoms with Crippen LogP contribution in [0.5, 0.6) is 5.75 Å². The zero-order valence-corrected chi connectivity index (χ0v) is 12.2. The van der Waals surface area contributed by atoms with E-state index in [2.05, 4.69) is 39.7 Å². The van der Waals surface area contributed by atoms with E-state index in [4.69, 9.17) is 16.3 Å². The molecule has 1 aliphatic heterocycles. The van der Waals surface area contributed by atoms with Crippen LogP contribution in [0.3, 0.4) is 0 Å². The van der Waals surface area contributed by atoms with E-state index in [-0.39, 0.29) is 0 Å². The number of rotatable bonds is 2. The molecule has 92 valence electrons. The highest BCUT2D eigenvalue weighted by atomic mass is 79.9. The van der Waals surface area contributed by atoms with Crippen molar-refractivity contribution in [1.82, 2.24) is 4.90 Å². The van der Waals surface area contributed by atoms with Gasteiger partial charge in [0.25, 0.3) is 6.02 Å². The number of aliphatic imine (C=N–C) groups is 1. The van der Waals surface area contributed by atoms with Crippen LogP contribution in [0.4, 0.5) is 0 Å². The average Bonchev–Trinajstić information content (AvgIpc) is 2.32. The van der Waals surface area contributed by atoms with Gasteiger partial charge in [0, 0.05) is 29.2 Å². The van der Waals surface area contributed by atoms with Crippen molar-refractivity contribution in [2.45, 2.75) is 20.4 Å². The lowest BCUT2D eigenvalue weighted by molar-refractivity contribution is 0.352. The Kier molecular flexibility index (Phi) is 3.94. The van der Waals surface area contributed by atoms with Gasteiger partial charge >= 0.3 is 0 Å². The highest BCUT2D eigenvalue weighted by Crippen LogP contribution is 2.33.